The predicted octanol–water partition coefficient (Wildman–Crippen LogP) is 4.30. The van der Waals surface area contributed by atoms with Crippen LogP contribution in [0, 0.1) is 29.4 Å². The minimum absolute atomic E-state index is 0.0121. The van der Waals surface area contributed by atoms with E-state index in [2.05, 4.69) is 10.3 Å². The SMILES string of the molecule is C[C@H]1CC2C[C@@H](S(=O)(=O)c3cc(C(=O)Nc4ccc(F)c(F)c4)ccc3Cl)CC1[C@@]2(O)C(O)C(O)c1ccncc1. The van der Waals surface area contributed by atoms with Gasteiger partial charge in [0, 0.05) is 29.7 Å². The van der Waals surface area contributed by atoms with Crippen LogP contribution in [0.3, 0.4) is 0 Å². The zero-order chi connectivity index (χ0) is 29.7. The summed E-state index contributed by atoms with van der Waals surface area (Å²) in [5, 5.41) is 35.2. The third kappa shape index (κ3) is 5.25. The van der Waals surface area contributed by atoms with Crippen LogP contribution >= 0.6 is 11.6 Å². The van der Waals surface area contributed by atoms with Crippen LogP contribution in [0.4, 0.5) is 14.5 Å². The Bertz CT molecular complexity index is 1580. The molecule has 0 aliphatic heterocycles. The molecule has 2 fully saturated rings. The Morgan fingerprint density at radius 1 is 1.05 bits per heavy atom. The fraction of sp³-hybridized carbons (Fsp3) is 0.379. The first kappa shape index (κ1) is 29.5. The molecule has 0 radical (unpaired) electrons. The second-order valence-electron chi connectivity index (χ2n) is 10.9. The third-order valence-corrected chi connectivity index (χ3v) is 11.2. The van der Waals surface area contributed by atoms with Crippen LogP contribution in [0.1, 0.15) is 48.2 Å². The summed E-state index contributed by atoms with van der Waals surface area (Å²) < 4.78 is 54.6. The molecule has 4 unspecified atom stereocenters. The van der Waals surface area contributed by atoms with E-state index in [1.165, 1.54) is 42.7 Å². The molecule has 12 heteroatoms. The predicted molar refractivity (Wildman–Crippen MR) is 147 cm³/mol. The number of pyridine rings is 1. The molecule has 4 N–H and O–H groups in total. The number of amides is 1. The largest absolute Gasteiger partial charge is 0.387 e. The van der Waals surface area contributed by atoms with Gasteiger partial charge in [0.05, 0.1) is 20.8 Å². The van der Waals surface area contributed by atoms with Crippen LogP contribution in [-0.2, 0) is 9.84 Å². The number of nitrogens with zero attached hydrogens (tertiary/aromatic N) is 1. The van der Waals surface area contributed by atoms with E-state index >= 15 is 0 Å². The zero-order valence-electron chi connectivity index (χ0n) is 21.9. The summed E-state index contributed by atoms with van der Waals surface area (Å²) in [4.78, 5) is 16.5. The molecule has 0 saturated heterocycles. The molecule has 2 aromatic carbocycles. The topological polar surface area (TPSA) is 137 Å². The van der Waals surface area contributed by atoms with E-state index in [9.17, 15) is 37.3 Å². The first-order valence-corrected chi connectivity index (χ1v) is 15.0. The van der Waals surface area contributed by atoms with Crippen molar-refractivity contribution in [3.63, 3.8) is 0 Å². The first-order chi connectivity index (χ1) is 19.3. The lowest BCUT2D eigenvalue weighted by Crippen LogP contribution is -2.58. The van der Waals surface area contributed by atoms with Gasteiger partial charge in [0.15, 0.2) is 21.5 Å². The number of hydrogen-bond donors (Lipinski definition) is 4. The quantitative estimate of drug-likeness (QED) is 0.315. The molecule has 7 atom stereocenters. The monoisotopic (exact) mass is 606 g/mol. The molecule has 5 rings (SSSR count). The summed E-state index contributed by atoms with van der Waals surface area (Å²) in [6.45, 7) is 1.88. The number of carbonyl (C=O) groups excluding carboxylic acids is 1. The number of aliphatic hydroxyl groups excluding tert-OH is 2. The van der Waals surface area contributed by atoms with Crippen LogP contribution in [-0.4, -0.2) is 51.6 Å². The highest BCUT2D eigenvalue weighted by molar-refractivity contribution is 7.92. The standard InChI is InChI=1S/C29H29ClF2N2O6S/c1-15-10-18-12-20(14-21(15)29(18,38)27(36)26(35)16-6-8-33-9-7-16)41(39,40)25-11-17(2-4-22(25)30)28(37)34-19-3-5-23(31)24(32)13-19/h2-9,11,13,15,18,20-21,26-27,35-36,38H,10,12,14H2,1H3,(H,34,37)/t15-,18?,20+,21?,26?,27?,29+/m0/s1. The van der Waals surface area contributed by atoms with Gasteiger partial charge in [-0.1, -0.05) is 18.5 Å². The molecule has 2 saturated carbocycles. The van der Waals surface area contributed by atoms with Gasteiger partial charge in [-0.25, -0.2) is 17.2 Å². The Balaban J connectivity index is 1.39. The summed E-state index contributed by atoms with van der Waals surface area (Å²) in [6, 6.07) is 9.65. The summed E-state index contributed by atoms with van der Waals surface area (Å²) in [7, 11) is -4.12. The minimum atomic E-state index is -4.12. The molecule has 0 spiro atoms. The molecule has 1 heterocycles. The number of sulfone groups is 1. The average molecular weight is 607 g/mol. The molecule has 8 nitrogen and oxygen atoms in total. The Labute approximate surface area is 240 Å². The molecule has 218 valence electrons. The maximum absolute atomic E-state index is 13.9. The highest BCUT2D eigenvalue weighted by atomic mass is 35.5. The number of benzene rings is 2. The molecule has 1 aromatic heterocycles. The van der Waals surface area contributed by atoms with Gasteiger partial charge in [-0.15, -0.1) is 0 Å². The second kappa shape index (κ2) is 11.0. The number of carbonyl (C=O) groups is 1. The minimum Gasteiger partial charge on any atom is -0.387 e. The Hall–Kier alpha value is -2.96. The summed E-state index contributed by atoms with van der Waals surface area (Å²) in [6.07, 6.45) is 0.460. The Morgan fingerprint density at radius 3 is 2.41 bits per heavy atom. The number of aromatic nitrogens is 1. The molecule has 41 heavy (non-hydrogen) atoms. The zero-order valence-corrected chi connectivity index (χ0v) is 23.5. The van der Waals surface area contributed by atoms with Gasteiger partial charge in [0.1, 0.15) is 12.2 Å². The van der Waals surface area contributed by atoms with Gasteiger partial charge in [0.25, 0.3) is 5.91 Å². The number of fused-ring (bicyclic) bond motifs is 2. The summed E-state index contributed by atoms with van der Waals surface area (Å²) >= 11 is 6.31. The summed E-state index contributed by atoms with van der Waals surface area (Å²) in [5.74, 6) is -4.36. The molecule has 1 amide bonds. The van der Waals surface area contributed by atoms with Crippen molar-refractivity contribution in [2.45, 2.75) is 54.1 Å². The third-order valence-electron chi connectivity index (χ3n) is 8.59. The Morgan fingerprint density at radius 2 is 1.76 bits per heavy atom. The van der Waals surface area contributed by atoms with Crippen molar-refractivity contribution in [3.8, 4) is 0 Å². The highest BCUT2D eigenvalue weighted by Gasteiger charge is 2.62. The molecule has 2 aliphatic rings. The number of anilines is 1. The molecule has 3 aromatic rings. The lowest BCUT2D eigenvalue weighted by Gasteiger charge is -2.47. The Kier molecular flexibility index (Phi) is 7.95. The lowest BCUT2D eigenvalue weighted by molar-refractivity contribution is -0.180. The van der Waals surface area contributed by atoms with Crippen molar-refractivity contribution in [3.05, 3.63) is 88.7 Å². The van der Waals surface area contributed by atoms with Gasteiger partial charge in [-0.05, 0) is 85.0 Å². The maximum Gasteiger partial charge on any atom is 0.255 e. The van der Waals surface area contributed by atoms with E-state index in [0.29, 0.717) is 12.0 Å². The van der Waals surface area contributed by atoms with E-state index in [0.717, 1.165) is 18.2 Å². The number of rotatable bonds is 7. The number of hydrogen-bond acceptors (Lipinski definition) is 7. The van der Waals surface area contributed by atoms with Gasteiger partial charge in [-0.2, -0.15) is 0 Å². The lowest BCUT2D eigenvalue weighted by atomic mass is 9.68. The van der Waals surface area contributed by atoms with Gasteiger partial charge in [0.2, 0.25) is 0 Å². The van der Waals surface area contributed by atoms with Crippen molar-refractivity contribution >= 4 is 33.0 Å². The van der Waals surface area contributed by atoms with Crippen molar-refractivity contribution in [1.82, 2.24) is 4.98 Å². The highest BCUT2D eigenvalue weighted by Crippen LogP contribution is 2.57. The number of aliphatic hydroxyl groups is 3. The molecule has 2 bridgehead atoms. The van der Waals surface area contributed by atoms with Crippen LogP contribution in [0.2, 0.25) is 5.02 Å². The summed E-state index contributed by atoms with van der Waals surface area (Å²) in [5.41, 5.74) is -1.41. The van der Waals surface area contributed by atoms with E-state index in [4.69, 9.17) is 11.6 Å². The fourth-order valence-electron chi connectivity index (χ4n) is 6.49. The first-order valence-electron chi connectivity index (χ1n) is 13.1. The van der Waals surface area contributed by atoms with E-state index in [-0.39, 0.29) is 39.9 Å². The smallest absolute Gasteiger partial charge is 0.255 e. The second-order valence-corrected chi connectivity index (χ2v) is 13.5. The number of nitrogens with one attached hydrogen (secondary N) is 1. The van der Waals surface area contributed by atoms with Gasteiger partial charge >= 0.3 is 0 Å². The molecular formula is C29H29ClF2N2O6S. The number of halogens is 3. The maximum atomic E-state index is 13.9. The van der Waals surface area contributed by atoms with Crippen LogP contribution in [0.5, 0.6) is 0 Å². The molecule has 2 aliphatic carbocycles. The van der Waals surface area contributed by atoms with Gasteiger partial charge in [-0.3, -0.25) is 9.78 Å². The van der Waals surface area contributed by atoms with Gasteiger partial charge < -0.3 is 20.6 Å². The van der Waals surface area contributed by atoms with Crippen LogP contribution in [0.15, 0.2) is 65.8 Å². The molecular weight excluding hydrogens is 578 g/mol. The average Bonchev–Trinajstić information content (AvgIpc) is 3.07. The van der Waals surface area contributed by atoms with E-state index in [1.807, 2.05) is 6.92 Å². The van der Waals surface area contributed by atoms with E-state index < -0.39 is 62.3 Å². The van der Waals surface area contributed by atoms with Crippen molar-refractivity contribution in [2.75, 3.05) is 5.32 Å². The van der Waals surface area contributed by atoms with Crippen molar-refractivity contribution in [2.24, 2.45) is 17.8 Å². The normalized spacial score (nSPS) is 27.3. The fourth-order valence-corrected chi connectivity index (χ4v) is 8.87. The van der Waals surface area contributed by atoms with E-state index in [1.54, 1.807) is 0 Å². The van der Waals surface area contributed by atoms with Crippen molar-refractivity contribution < 1.29 is 37.3 Å². The van der Waals surface area contributed by atoms with Crippen molar-refractivity contribution in [1.29, 1.82) is 0 Å². The van der Waals surface area contributed by atoms with Crippen LogP contribution < -0.4 is 5.32 Å². The van der Waals surface area contributed by atoms with Crippen LogP contribution in [0.25, 0.3) is 0 Å².